The standard InChI is InChI=1S/C16H17F2N3O2S/c17-10-5-2-6-11(18)12(10)13(23)14-15(19)21-16(24-14)20-8-3-1-4-9(22)7-8/h2,5-6,8-9,22H,1,3-4,7,19H2,(H,20,21). The van der Waals surface area contributed by atoms with Gasteiger partial charge in [-0.1, -0.05) is 17.4 Å². The minimum absolute atomic E-state index is 0.00198. The van der Waals surface area contributed by atoms with Gasteiger partial charge in [-0.25, -0.2) is 13.8 Å². The van der Waals surface area contributed by atoms with Gasteiger partial charge in [-0.2, -0.15) is 0 Å². The van der Waals surface area contributed by atoms with Crippen molar-refractivity contribution >= 4 is 28.1 Å². The van der Waals surface area contributed by atoms with Crippen LogP contribution in [0.2, 0.25) is 0 Å². The summed E-state index contributed by atoms with van der Waals surface area (Å²) < 4.78 is 27.6. The van der Waals surface area contributed by atoms with E-state index in [1.54, 1.807) is 0 Å². The molecule has 0 spiro atoms. The van der Waals surface area contributed by atoms with Gasteiger partial charge in [0.1, 0.15) is 22.3 Å². The number of thiazole rings is 1. The van der Waals surface area contributed by atoms with E-state index in [2.05, 4.69) is 10.3 Å². The first-order valence-corrected chi connectivity index (χ1v) is 8.47. The SMILES string of the molecule is Nc1nc(NC2CCCC(O)C2)sc1C(=O)c1c(F)cccc1F. The van der Waals surface area contributed by atoms with Gasteiger partial charge >= 0.3 is 0 Å². The van der Waals surface area contributed by atoms with Crippen molar-refractivity contribution in [3.8, 4) is 0 Å². The van der Waals surface area contributed by atoms with Gasteiger partial charge in [0.2, 0.25) is 5.78 Å². The summed E-state index contributed by atoms with van der Waals surface area (Å²) in [6.07, 6.45) is 2.77. The fourth-order valence-corrected chi connectivity index (χ4v) is 3.76. The van der Waals surface area contributed by atoms with Crippen LogP contribution in [0.1, 0.15) is 40.9 Å². The second-order valence-corrected chi connectivity index (χ2v) is 6.82. The van der Waals surface area contributed by atoms with Crippen molar-refractivity contribution < 1.29 is 18.7 Å². The molecule has 1 fully saturated rings. The van der Waals surface area contributed by atoms with Crippen LogP contribution in [0.3, 0.4) is 0 Å². The molecule has 0 aliphatic heterocycles. The van der Waals surface area contributed by atoms with E-state index in [1.807, 2.05) is 0 Å². The monoisotopic (exact) mass is 353 g/mol. The average molecular weight is 353 g/mol. The molecular weight excluding hydrogens is 336 g/mol. The number of benzene rings is 1. The Labute approximate surface area is 141 Å². The predicted molar refractivity (Wildman–Crippen MR) is 88.2 cm³/mol. The maximum atomic E-state index is 13.8. The van der Waals surface area contributed by atoms with Crippen molar-refractivity contribution in [2.24, 2.45) is 0 Å². The van der Waals surface area contributed by atoms with Crippen LogP contribution in [-0.4, -0.2) is 28.0 Å². The first-order valence-electron chi connectivity index (χ1n) is 7.65. The summed E-state index contributed by atoms with van der Waals surface area (Å²) in [5.74, 6) is -2.75. The van der Waals surface area contributed by atoms with Crippen molar-refractivity contribution in [2.75, 3.05) is 11.1 Å². The quantitative estimate of drug-likeness (QED) is 0.736. The van der Waals surface area contributed by atoms with Gasteiger partial charge in [-0.15, -0.1) is 0 Å². The summed E-state index contributed by atoms with van der Waals surface area (Å²) in [6, 6.07) is 3.28. The van der Waals surface area contributed by atoms with E-state index in [1.165, 1.54) is 6.07 Å². The smallest absolute Gasteiger partial charge is 0.212 e. The number of halogens is 2. The molecule has 2 atom stereocenters. The zero-order valence-corrected chi connectivity index (χ0v) is 13.6. The number of ketones is 1. The van der Waals surface area contributed by atoms with Crippen molar-refractivity contribution in [3.63, 3.8) is 0 Å². The van der Waals surface area contributed by atoms with Gasteiger partial charge in [0.25, 0.3) is 0 Å². The van der Waals surface area contributed by atoms with Crippen LogP contribution in [0.4, 0.5) is 19.7 Å². The number of aromatic nitrogens is 1. The van der Waals surface area contributed by atoms with Crippen LogP contribution in [-0.2, 0) is 0 Å². The maximum absolute atomic E-state index is 13.8. The van der Waals surface area contributed by atoms with Crippen LogP contribution < -0.4 is 11.1 Å². The Balaban J connectivity index is 1.82. The molecule has 0 amide bonds. The summed E-state index contributed by atoms with van der Waals surface area (Å²) in [6.45, 7) is 0. The zero-order chi connectivity index (χ0) is 17.3. The Bertz CT molecular complexity index is 746. The van der Waals surface area contributed by atoms with Gasteiger partial charge in [0.15, 0.2) is 5.13 Å². The normalized spacial score (nSPS) is 20.8. The van der Waals surface area contributed by atoms with Crippen LogP contribution in [0.25, 0.3) is 0 Å². The van der Waals surface area contributed by atoms with Gasteiger partial charge < -0.3 is 16.2 Å². The molecule has 2 aromatic rings. The van der Waals surface area contributed by atoms with E-state index in [0.717, 1.165) is 42.7 Å². The molecule has 1 aromatic heterocycles. The Morgan fingerprint density at radius 1 is 1.33 bits per heavy atom. The second kappa shape index (κ2) is 6.82. The van der Waals surface area contributed by atoms with Crippen LogP contribution in [0.5, 0.6) is 0 Å². The Morgan fingerprint density at radius 2 is 2.04 bits per heavy atom. The number of aliphatic hydroxyl groups is 1. The van der Waals surface area contributed by atoms with Crippen LogP contribution in [0, 0.1) is 11.6 Å². The van der Waals surface area contributed by atoms with Gasteiger partial charge in [0, 0.05) is 6.04 Å². The number of nitrogens with zero attached hydrogens (tertiary/aromatic N) is 1. The molecule has 1 saturated carbocycles. The highest BCUT2D eigenvalue weighted by Gasteiger charge is 2.26. The summed E-state index contributed by atoms with van der Waals surface area (Å²) in [7, 11) is 0. The fraction of sp³-hybridized carbons (Fsp3) is 0.375. The number of nitrogens with one attached hydrogen (secondary N) is 1. The molecule has 1 aliphatic carbocycles. The Hall–Kier alpha value is -2.06. The highest BCUT2D eigenvalue weighted by Crippen LogP contribution is 2.31. The third-order valence-corrected chi connectivity index (χ3v) is 5.02. The first kappa shape index (κ1) is 16.8. The molecule has 2 unspecified atom stereocenters. The lowest BCUT2D eigenvalue weighted by Crippen LogP contribution is -2.29. The van der Waals surface area contributed by atoms with Gasteiger partial charge in [-0.05, 0) is 37.8 Å². The molecule has 8 heteroatoms. The summed E-state index contributed by atoms with van der Waals surface area (Å²) >= 11 is 0.963. The molecule has 1 heterocycles. The second-order valence-electron chi connectivity index (χ2n) is 5.82. The number of anilines is 2. The number of nitrogens with two attached hydrogens (primary N) is 1. The van der Waals surface area contributed by atoms with E-state index in [0.29, 0.717) is 11.6 Å². The molecular formula is C16H17F2N3O2S. The minimum atomic E-state index is -0.933. The topological polar surface area (TPSA) is 88.2 Å². The van der Waals surface area contributed by atoms with Crippen molar-refractivity contribution in [3.05, 3.63) is 40.3 Å². The maximum Gasteiger partial charge on any atom is 0.212 e. The van der Waals surface area contributed by atoms with E-state index < -0.39 is 23.0 Å². The molecule has 4 N–H and O–H groups in total. The third kappa shape index (κ3) is 3.39. The van der Waals surface area contributed by atoms with Crippen LogP contribution in [0.15, 0.2) is 18.2 Å². The Kier molecular flexibility index (Phi) is 4.77. The van der Waals surface area contributed by atoms with E-state index in [-0.39, 0.29) is 22.8 Å². The van der Waals surface area contributed by atoms with E-state index >= 15 is 0 Å². The summed E-state index contributed by atoms with van der Waals surface area (Å²) in [4.78, 5) is 16.5. The number of rotatable bonds is 4. The van der Waals surface area contributed by atoms with E-state index in [9.17, 15) is 18.7 Å². The fourth-order valence-electron chi connectivity index (χ4n) is 2.85. The van der Waals surface area contributed by atoms with Crippen LogP contribution >= 0.6 is 11.3 Å². The number of carbonyl (C=O) groups excluding carboxylic acids is 1. The molecule has 5 nitrogen and oxygen atoms in total. The number of carbonyl (C=O) groups is 1. The summed E-state index contributed by atoms with van der Waals surface area (Å²) in [5, 5.41) is 13.2. The minimum Gasteiger partial charge on any atom is -0.393 e. The molecule has 1 aliphatic rings. The van der Waals surface area contributed by atoms with Crippen molar-refractivity contribution in [1.29, 1.82) is 0 Å². The number of aliphatic hydroxyl groups excluding tert-OH is 1. The van der Waals surface area contributed by atoms with Crippen molar-refractivity contribution in [1.82, 2.24) is 4.98 Å². The highest BCUT2D eigenvalue weighted by atomic mass is 32.1. The van der Waals surface area contributed by atoms with E-state index in [4.69, 9.17) is 5.73 Å². The molecule has 0 radical (unpaired) electrons. The van der Waals surface area contributed by atoms with Crippen molar-refractivity contribution in [2.45, 2.75) is 37.8 Å². The molecule has 128 valence electrons. The predicted octanol–water partition coefficient (Wildman–Crippen LogP) is 2.95. The highest BCUT2D eigenvalue weighted by molar-refractivity contribution is 7.18. The third-order valence-electron chi connectivity index (χ3n) is 4.02. The average Bonchev–Trinajstić information content (AvgIpc) is 2.87. The number of nitrogen functional groups attached to an aromatic ring is 1. The molecule has 0 saturated heterocycles. The lowest BCUT2D eigenvalue weighted by molar-refractivity contribution is 0.103. The lowest BCUT2D eigenvalue weighted by atomic mass is 9.93. The molecule has 0 bridgehead atoms. The zero-order valence-electron chi connectivity index (χ0n) is 12.8. The summed E-state index contributed by atoms with van der Waals surface area (Å²) in [5.41, 5.74) is 5.12. The largest absolute Gasteiger partial charge is 0.393 e. The van der Waals surface area contributed by atoms with Gasteiger partial charge in [0.05, 0.1) is 11.7 Å². The first-order chi connectivity index (χ1) is 11.5. The van der Waals surface area contributed by atoms with Gasteiger partial charge in [-0.3, -0.25) is 4.79 Å². The molecule has 1 aromatic carbocycles. The number of hydrogen-bond donors (Lipinski definition) is 3. The Morgan fingerprint density at radius 3 is 2.71 bits per heavy atom. The molecule has 24 heavy (non-hydrogen) atoms. The number of hydrogen-bond acceptors (Lipinski definition) is 6. The lowest BCUT2D eigenvalue weighted by Gasteiger charge is -2.26. The molecule has 3 rings (SSSR count).